The van der Waals surface area contributed by atoms with Crippen molar-refractivity contribution in [2.24, 2.45) is 0 Å². The van der Waals surface area contributed by atoms with Crippen LogP contribution in [-0.2, 0) is 16.0 Å². The van der Waals surface area contributed by atoms with Gasteiger partial charge in [0.2, 0.25) is 11.8 Å². The molecule has 3 rings (SSSR count). The van der Waals surface area contributed by atoms with Gasteiger partial charge in [-0.1, -0.05) is 6.07 Å². The largest absolute Gasteiger partial charge is 0.497 e. The van der Waals surface area contributed by atoms with E-state index in [1.807, 2.05) is 31.2 Å². The molecule has 2 heterocycles. The van der Waals surface area contributed by atoms with E-state index in [1.54, 1.807) is 7.11 Å². The summed E-state index contributed by atoms with van der Waals surface area (Å²) in [4.78, 5) is 16.5. The summed E-state index contributed by atoms with van der Waals surface area (Å²) in [5.74, 6) is 2.21. The van der Waals surface area contributed by atoms with Gasteiger partial charge < -0.3 is 19.2 Å². The Kier molecular flexibility index (Phi) is 6.28. The number of amides is 1. The maximum absolute atomic E-state index is 11.9. The van der Waals surface area contributed by atoms with Crippen LogP contribution in [0.2, 0.25) is 0 Å². The quantitative estimate of drug-likeness (QED) is 0.784. The van der Waals surface area contributed by atoms with Crippen LogP contribution in [0.25, 0.3) is 11.5 Å². The average molecular weight is 358 g/mol. The lowest BCUT2D eigenvalue weighted by molar-refractivity contribution is -0.121. The first-order valence-electron chi connectivity index (χ1n) is 9.14. The SMILES string of the molecule is COc1cccc(-c2nc(CCCC(=O)NCC3CCCO3)c(C)o2)c1. The summed E-state index contributed by atoms with van der Waals surface area (Å²) in [6.07, 6.45) is 4.23. The minimum Gasteiger partial charge on any atom is -0.497 e. The van der Waals surface area contributed by atoms with Crippen LogP contribution in [0.15, 0.2) is 28.7 Å². The second-order valence-electron chi connectivity index (χ2n) is 6.55. The number of aromatic nitrogens is 1. The summed E-state index contributed by atoms with van der Waals surface area (Å²) in [6.45, 7) is 3.33. The number of methoxy groups -OCH3 is 1. The van der Waals surface area contributed by atoms with Gasteiger partial charge in [0.1, 0.15) is 11.5 Å². The first-order valence-corrected chi connectivity index (χ1v) is 9.14. The number of oxazole rings is 1. The zero-order chi connectivity index (χ0) is 18.4. The number of rotatable bonds is 8. The van der Waals surface area contributed by atoms with Crippen molar-refractivity contribution in [1.82, 2.24) is 10.3 Å². The molecule has 6 heteroatoms. The summed E-state index contributed by atoms with van der Waals surface area (Å²) < 4.78 is 16.5. The molecule has 2 aromatic rings. The van der Waals surface area contributed by atoms with Gasteiger partial charge in [0.25, 0.3) is 0 Å². The van der Waals surface area contributed by atoms with Crippen molar-refractivity contribution in [1.29, 1.82) is 0 Å². The van der Waals surface area contributed by atoms with E-state index in [0.717, 1.165) is 48.6 Å². The van der Waals surface area contributed by atoms with Crippen molar-refractivity contribution in [3.05, 3.63) is 35.7 Å². The van der Waals surface area contributed by atoms with Crippen LogP contribution in [0.3, 0.4) is 0 Å². The lowest BCUT2D eigenvalue weighted by Crippen LogP contribution is -2.31. The van der Waals surface area contributed by atoms with Gasteiger partial charge in [0.05, 0.1) is 18.9 Å². The zero-order valence-electron chi connectivity index (χ0n) is 15.4. The summed E-state index contributed by atoms with van der Waals surface area (Å²) in [5, 5.41) is 2.95. The van der Waals surface area contributed by atoms with E-state index < -0.39 is 0 Å². The van der Waals surface area contributed by atoms with Crippen LogP contribution < -0.4 is 10.1 Å². The van der Waals surface area contributed by atoms with E-state index in [2.05, 4.69) is 10.3 Å². The number of hydrogen-bond donors (Lipinski definition) is 1. The van der Waals surface area contributed by atoms with E-state index in [9.17, 15) is 4.79 Å². The van der Waals surface area contributed by atoms with Crippen molar-refractivity contribution in [2.45, 2.75) is 45.1 Å². The Morgan fingerprint density at radius 3 is 3.08 bits per heavy atom. The van der Waals surface area contributed by atoms with Crippen molar-refractivity contribution in [2.75, 3.05) is 20.3 Å². The van der Waals surface area contributed by atoms with Gasteiger partial charge >= 0.3 is 0 Å². The number of nitrogens with zero attached hydrogens (tertiary/aromatic N) is 1. The highest BCUT2D eigenvalue weighted by molar-refractivity contribution is 5.75. The van der Waals surface area contributed by atoms with Gasteiger partial charge in [-0.3, -0.25) is 4.79 Å². The molecule has 1 fully saturated rings. The van der Waals surface area contributed by atoms with Gasteiger partial charge in [-0.2, -0.15) is 0 Å². The Bertz CT molecular complexity index is 735. The standard InChI is InChI=1S/C20H26N2O4/c1-14-18(9-4-10-19(23)21-13-17-8-5-11-25-17)22-20(26-14)15-6-3-7-16(12-15)24-2/h3,6-7,12,17H,4-5,8-11,13H2,1-2H3,(H,21,23). The number of carbonyl (C=O) groups excluding carboxylic acids is 1. The molecule has 1 amide bonds. The molecule has 1 unspecified atom stereocenters. The Hall–Kier alpha value is -2.34. The van der Waals surface area contributed by atoms with Crippen LogP contribution in [0.4, 0.5) is 0 Å². The fraction of sp³-hybridized carbons (Fsp3) is 0.500. The summed E-state index contributed by atoms with van der Waals surface area (Å²) in [5.41, 5.74) is 1.78. The van der Waals surface area contributed by atoms with E-state index in [-0.39, 0.29) is 12.0 Å². The summed E-state index contributed by atoms with van der Waals surface area (Å²) in [7, 11) is 1.63. The van der Waals surface area contributed by atoms with Crippen LogP contribution in [0.1, 0.15) is 37.1 Å². The van der Waals surface area contributed by atoms with E-state index in [4.69, 9.17) is 13.9 Å². The van der Waals surface area contributed by atoms with Crippen LogP contribution in [0.5, 0.6) is 5.75 Å². The number of nitrogens with one attached hydrogen (secondary N) is 1. The van der Waals surface area contributed by atoms with Gasteiger partial charge in [0.15, 0.2) is 0 Å². The maximum Gasteiger partial charge on any atom is 0.226 e. The Morgan fingerprint density at radius 2 is 2.31 bits per heavy atom. The molecule has 0 radical (unpaired) electrons. The average Bonchev–Trinajstić information content (AvgIpc) is 3.30. The number of hydrogen-bond acceptors (Lipinski definition) is 5. The normalized spacial score (nSPS) is 16.6. The molecule has 1 aliphatic heterocycles. The monoisotopic (exact) mass is 358 g/mol. The highest BCUT2D eigenvalue weighted by atomic mass is 16.5. The van der Waals surface area contributed by atoms with Gasteiger partial charge in [-0.05, 0) is 50.8 Å². The highest BCUT2D eigenvalue weighted by Gasteiger charge is 2.16. The molecule has 0 saturated carbocycles. The molecule has 140 valence electrons. The van der Waals surface area contributed by atoms with Gasteiger partial charge in [0, 0.05) is 25.1 Å². The molecule has 1 saturated heterocycles. The molecular formula is C20H26N2O4. The van der Waals surface area contributed by atoms with Crippen LogP contribution in [0, 0.1) is 6.92 Å². The van der Waals surface area contributed by atoms with E-state index in [1.165, 1.54) is 0 Å². The molecule has 1 N–H and O–H groups in total. The maximum atomic E-state index is 11.9. The van der Waals surface area contributed by atoms with Gasteiger partial charge in [-0.25, -0.2) is 4.98 Å². The minimum absolute atomic E-state index is 0.0645. The predicted molar refractivity (Wildman–Crippen MR) is 98.1 cm³/mol. The molecule has 1 aliphatic rings. The van der Waals surface area contributed by atoms with E-state index in [0.29, 0.717) is 25.3 Å². The summed E-state index contributed by atoms with van der Waals surface area (Å²) in [6, 6.07) is 7.63. The second kappa shape index (κ2) is 8.85. The van der Waals surface area contributed by atoms with Crippen molar-refractivity contribution in [3.63, 3.8) is 0 Å². The van der Waals surface area contributed by atoms with Crippen molar-refractivity contribution >= 4 is 5.91 Å². The molecule has 26 heavy (non-hydrogen) atoms. The first-order chi connectivity index (χ1) is 12.7. The van der Waals surface area contributed by atoms with E-state index >= 15 is 0 Å². The number of carbonyl (C=O) groups is 1. The molecule has 6 nitrogen and oxygen atoms in total. The van der Waals surface area contributed by atoms with Crippen LogP contribution in [-0.4, -0.2) is 37.3 Å². The third kappa shape index (κ3) is 4.85. The molecule has 0 spiro atoms. The number of aryl methyl sites for hydroxylation is 2. The second-order valence-corrected chi connectivity index (χ2v) is 6.55. The fourth-order valence-electron chi connectivity index (χ4n) is 3.08. The lowest BCUT2D eigenvalue weighted by atomic mass is 10.1. The fourth-order valence-corrected chi connectivity index (χ4v) is 3.08. The highest BCUT2D eigenvalue weighted by Crippen LogP contribution is 2.25. The predicted octanol–water partition coefficient (Wildman–Crippen LogP) is 3.28. The zero-order valence-corrected chi connectivity index (χ0v) is 15.4. The van der Waals surface area contributed by atoms with Gasteiger partial charge in [-0.15, -0.1) is 0 Å². The minimum atomic E-state index is 0.0645. The van der Waals surface area contributed by atoms with Crippen LogP contribution >= 0.6 is 0 Å². The lowest BCUT2D eigenvalue weighted by Gasteiger charge is -2.10. The molecular weight excluding hydrogens is 332 g/mol. The Labute approximate surface area is 153 Å². The third-order valence-corrected chi connectivity index (χ3v) is 4.58. The molecule has 1 atom stereocenters. The number of ether oxygens (including phenoxy) is 2. The van der Waals surface area contributed by atoms with Crippen molar-refractivity contribution < 1.29 is 18.7 Å². The summed E-state index contributed by atoms with van der Waals surface area (Å²) >= 11 is 0. The third-order valence-electron chi connectivity index (χ3n) is 4.58. The molecule has 1 aromatic carbocycles. The number of benzene rings is 1. The molecule has 1 aromatic heterocycles. The first kappa shape index (κ1) is 18.5. The molecule has 0 aliphatic carbocycles. The van der Waals surface area contributed by atoms with Crippen molar-refractivity contribution in [3.8, 4) is 17.2 Å². The Balaban J connectivity index is 1.49. The smallest absolute Gasteiger partial charge is 0.226 e. The Morgan fingerprint density at radius 1 is 1.42 bits per heavy atom. The molecule has 0 bridgehead atoms. The topological polar surface area (TPSA) is 73.6 Å².